The van der Waals surface area contributed by atoms with Crippen LogP contribution in [0.15, 0.2) is 41.4 Å². The molecule has 0 aromatic heterocycles. The van der Waals surface area contributed by atoms with Crippen LogP contribution in [0.3, 0.4) is 0 Å². The van der Waals surface area contributed by atoms with Crippen LogP contribution in [0.5, 0.6) is 0 Å². The van der Waals surface area contributed by atoms with Crippen LogP contribution in [-0.4, -0.2) is 85.8 Å². The van der Waals surface area contributed by atoms with Gasteiger partial charge < -0.3 is 15.0 Å². The van der Waals surface area contributed by atoms with Gasteiger partial charge in [0.2, 0.25) is 0 Å². The molecule has 0 amide bonds. The van der Waals surface area contributed by atoms with Crippen LogP contribution < -0.4 is 5.32 Å². The number of aliphatic imine (C=N–C) groups is 1. The Balaban J connectivity index is 1.50. The minimum Gasteiger partial charge on any atom is -0.381 e. The molecule has 5 nitrogen and oxygen atoms in total. The van der Waals surface area contributed by atoms with Crippen LogP contribution in [-0.2, 0) is 4.74 Å². The van der Waals surface area contributed by atoms with E-state index >= 15 is 0 Å². The third kappa shape index (κ3) is 6.76. The van der Waals surface area contributed by atoms with Crippen LogP contribution in [0.25, 0.3) is 6.08 Å². The normalized spacial score (nSPS) is 20.9. The summed E-state index contributed by atoms with van der Waals surface area (Å²) < 4.78 is 5.81. The minimum absolute atomic E-state index is 0.239. The van der Waals surface area contributed by atoms with Crippen molar-refractivity contribution in [3.8, 4) is 0 Å². The highest BCUT2D eigenvalue weighted by Gasteiger charge is 2.32. The van der Waals surface area contributed by atoms with Crippen molar-refractivity contribution in [2.75, 3.05) is 65.3 Å². The first kappa shape index (κ1) is 22.2. The summed E-state index contributed by atoms with van der Waals surface area (Å²) in [5, 5.41) is 3.52. The molecule has 3 rings (SSSR count). The second-order valence-corrected chi connectivity index (χ2v) is 9.04. The molecule has 0 atom stereocenters. The number of hydrogen-bond donors (Lipinski definition) is 1. The van der Waals surface area contributed by atoms with Crippen molar-refractivity contribution < 1.29 is 4.74 Å². The first-order valence-electron chi connectivity index (χ1n) is 10.8. The Labute approximate surface area is 180 Å². The van der Waals surface area contributed by atoms with Gasteiger partial charge in [0.25, 0.3) is 0 Å². The van der Waals surface area contributed by atoms with E-state index in [0.717, 1.165) is 77.8 Å². The summed E-state index contributed by atoms with van der Waals surface area (Å²) in [4.78, 5) is 9.99. The van der Waals surface area contributed by atoms with Gasteiger partial charge >= 0.3 is 0 Å². The number of hydrogen-bond acceptors (Lipinski definition) is 4. The second-order valence-electron chi connectivity index (χ2n) is 7.77. The zero-order chi connectivity index (χ0) is 20.4. The molecule has 0 radical (unpaired) electrons. The Morgan fingerprint density at radius 2 is 1.90 bits per heavy atom. The molecule has 29 heavy (non-hydrogen) atoms. The first-order valence-corrected chi connectivity index (χ1v) is 12.1. The summed E-state index contributed by atoms with van der Waals surface area (Å²) in [5.74, 6) is 1.08. The van der Waals surface area contributed by atoms with Gasteiger partial charge in [-0.1, -0.05) is 42.5 Å². The lowest BCUT2D eigenvalue weighted by Crippen LogP contribution is -2.52. The van der Waals surface area contributed by atoms with Crippen molar-refractivity contribution in [2.45, 2.75) is 24.5 Å². The standard InChI is InChI=1S/C23H36N4OS/c1-3-24-22(25-20-23(29-2)11-18-28-19-12-23)27-16-14-26(15-17-27)13-7-10-21-8-5-4-6-9-21/h4-10H,3,11-20H2,1-2H3,(H,24,25)/b10-7+. The van der Waals surface area contributed by atoms with Crippen molar-refractivity contribution in [1.29, 1.82) is 0 Å². The third-order valence-electron chi connectivity index (χ3n) is 5.83. The Morgan fingerprint density at radius 1 is 1.17 bits per heavy atom. The molecular weight excluding hydrogens is 380 g/mol. The third-order valence-corrected chi connectivity index (χ3v) is 7.24. The molecule has 0 aliphatic carbocycles. The number of ether oxygens (including phenoxy) is 1. The molecule has 0 saturated carbocycles. The molecule has 2 saturated heterocycles. The van der Waals surface area contributed by atoms with Gasteiger partial charge in [-0.05, 0) is 31.6 Å². The summed E-state index contributed by atoms with van der Waals surface area (Å²) in [6.07, 6.45) is 8.90. The van der Waals surface area contributed by atoms with Gasteiger partial charge in [0.15, 0.2) is 5.96 Å². The van der Waals surface area contributed by atoms with Crippen LogP contribution in [0.2, 0.25) is 0 Å². The van der Waals surface area contributed by atoms with Gasteiger partial charge in [0.1, 0.15) is 0 Å². The van der Waals surface area contributed by atoms with Gasteiger partial charge in [-0.3, -0.25) is 9.89 Å². The maximum absolute atomic E-state index is 5.57. The van der Waals surface area contributed by atoms with Crippen LogP contribution >= 0.6 is 11.8 Å². The second kappa shape index (κ2) is 11.6. The number of guanidine groups is 1. The molecule has 2 aliphatic rings. The highest BCUT2D eigenvalue weighted by molar-refractivity contribution is 8.00. The van der Waals surface area contributed by atoms with Crippen molar-refractivity contribution in [2.24, 2.45) is 4.99 Å². The number of piperazine rings is 1. The lowest BCUT2D eigenvalue weighted by molar-refractivity contribution is 0.0793. The maximum atomic E-state index is 5.57. The fraction of sp³-hybridized carbons (Fsp3) is 0.609. The van der Waals surface area contributed by atoms with Crippen molar-refractivity contribution in [1.82, 2.24) is 15.1 Å². The van der Waals surface area contributed by atoms with Crippen LogP contribution in [0, 0.1) is 0 Å². The molecule has 0 unspecified atom stereocenters. The highest BCUT2D eigenvalue weighted by atomic mass is 32.2. The van der Waals surface area contributed by atoms with Crippen LogP contribution in [0.4, 0.5) is 0 Å². The molecular formula is C23H36N4OS. The lowest BCUT2D eigenvalue weighted by atomic mass is 9.99. The highest BCUT2D eigenvalue weighted by Crippen LogP contribution is 2.34. The summed E-state index contributed by atoms with van der Waals surface area (Å²) >= 11 is 1.96. The maximum Gasteiger partial charge on any atom is 0.194 e. The number of thioether (sulfide) groups is 1. The Hall–Kier alpha value is -1.50. The van der Waals surface area contributed by atoms with Crippen molar-refractivity contribution in [3.63, 3.8) is 0 Å². The fourth-order valence-corrected chi connectivity index (χ4v) is 4.63. The Morgan fingerprint density at radius 3 is 2.55 bits per heavy atom. The van der Waals surface area contributed by atoms with Crippen LogP contribution in [0.1, 0.15) is 25.3 Å². The van der Waals surface area contributed by atoms with Gasteiger partial charge in [-0.25, -0.2) is 0 Å². The summed E-state index contributed by atoms with van der Waals surface area (Å²) in [5.41, 5.74) is 1.27. The predicted molar refractivity (Wildman–Crippen MR) is 126 cm³/mol. The zero-order valence-electron chi connectivity index (χ0n) is 18.0. The lowest BCUT2D eigenvalue weighted by Gasteiger charge is -2.37. The number of nitrogens with one attached hydrogen (secondary N) is 1. The van der Waals surface area contributed by atoms with E-state index in [1.54, 1.807) is 0 Å². The van der Waals surface area contributed by atoms with E-state index in [9.17, 15) is 0 Å². The number of benzene rings is 1. The molecule has 2 heterocycles. The Bertz CT molecular complexity index is 650. The van der Waals surface area contributed by atoms with E-state index in [1.165, 1.54) is 5.56 Å². The van der Waals surface area contributed by atoms with E-state index in [1.807, 2.05) is 11.8 Å². The molecule has 1 N–H and O–H groups in total. The number of nitrogens with zero attached hydrogens (tertiary/aromatic N) is 3. The monoisotopic (exact) mass is 416 g/mol. The molecule has 2 aliphatic heterocycles. The van der Waals surface area contributed by atoms with Gasteiger partial charge in [0, 0.05) is 57.2 Å². The first-order chi connectivity index (χ1) is 14.2. The van der Waals surface area contributed by atoms with E-state index < -0.39 is 0 Å². The topological polar surface area (TPSA) is 40.1 Å². The van der Waals surface area contributed by atoms with Crippen molar-refractivity contribution >= 4 is 23.8 Å². The van der Waals surface area contributed by atoms with Gasteiger partial charge in [-0.15, -0.1) is 0 Å². The van der Waals surface area contributed by atoms with Gasteiger partial charge in [-0.2, -0.15) is 11.8 Å². The van der Waals surface area contributed by atoms with Gasteiger partial charge in [0.05, 0.1) is 6.54 Å². The predicted octanol–water partition coefficient (Wildman–Crippen LogP) is 3.20. The quantitative estimate of drug-likeness (QED) is 0.546. The average molecular weight is 417 g/mol. The van der Waals surface area contributed by atoms with E-state index in [2.05, 4.69) is 70.8 Å². The zero-order valence-corrected chi connectivity index (χ0v) is 18.8. The van der Waals surface area contributed by atoms with E-state index in [0.29, 0.717) is 0 Å². The molecule has 160 valence electrons. The summed E-state index contributed by atoms with van der Waals surface area (Å²) in [7, 11) is 0. The molecule has 0 bridgehead atoms. The summed E-state index contributed by atoms with van der Waals surface area (Å²) in [6.45, 7) is 10.9. The molecule has 2 fully saturated rings. The van der Waals surface area contributed by atoms with Crippen molar-refractivity contribution in [3.05, 3.63) is 42.0 Å². The average Bonchev–Trinajstić information content (AvgIpc) is 2.78. The van der Waals surface area contributed by atoms with E-state index in [-0.39, 0.29) is 4.75 Å². The minimum atomic E-state index is 0.239. The Kier molecular flexibility index (Phi) is 8.90. The number of rotatable bonds is 7. The molecule has 0 spiro atoms. The smallest absolute Gasteiger partial charge is 0.194 e. The molecule has 1 aromatic rings. The largest absolute Gasteiger partial charge is 0.381 e. The molecule has 1 aromatic carbocycles. The molecule has 6 heteroatoms. The van der Waals surface area contributed by atoms with E-state index in [4.69, 9.17) is 9.73 Å². The fourth-order valence-electron chi connectivity index (χ4n) is 3.86. The SMILES string of the molecule is CCNC(=NCC1(SC)CCOCC1)N1CCN(C/C=C/c2ccccc2)CC1. The summed E-state index contributed by atoms with van der Waals surface area (Å²) in [6, 6.07) is 10.5.